The van der Waals surface area contributed by atoms with E-state index >= 15 is 0 Å². The Kier molecular flexibility index (Phi) is 6.56. The number of anilines is 2. The van der Waals surface area contributed by atoms with E-state index in [4.69, 9.17) is 9.47 Å². The largest absolute Gasteiger partial charge is 0.497 e. The fourth-order valence-corrected chi connectivity index (χ4v) is 3.78. The Bertz CT molecular complexity index is 932. The van der Waals surface area contributed by atoms with Gasteiger partial charge in [-0.1, -0.05) is 20.8 Å². The van der Waals surface area contributed by atoms with Gasteiger partial charge in [0, 0.05) is 17.8 Å². The third-order valence-electron chi connectivity index (χ3n) is 3.77. The molecule has 28 heavy (non-hydrogen) atoms. The normalized spacial score (nSPS) is 11.6. The third-order valence-corrected chi connectivity index (χ3v) is 5.17. The number of nitrogens with one attached hydrogen (secondary N) is 2. The summed E-state index contributed by atoms with van der Waals surface area (Å²) >= 11 is 0. The second kappa shape index (κ2) is 8.52. The number of carbonyl (C=O) groups is 1. The minimum atomic E-state index is -3.94. The molecule has 0 fully saturated rings. The Labute approximate surface area is 166 Å². The molecule has 2 aromatic carbocycles. The van der Waals surface area contributed by atoms with Gasteiger partial charge in [-0.3, -0.25) is 9.52 Å². The van der Waals surface area contributed by atoms with E-state index in [2.05, 4.69) is 10.0 Å². The molecule has 0 bridgehead atoms. The Morgan fingerprint density at radius 3 is 2.11 bits per heavy atom. The van der Waals surface area contributed by atoms with Gasteiger partial charge in [0.15, 0.2) is 0 Å². The summed E-state index contributed by atoms with van der Waals surface area (Å²) in [5, 5.41) is 2.74. The molecule has 0 spiro atoms. The zero-order valence-electron chi connectivity index (χ0n) is 16.7. The average molecular weight is 407 g/mol. The number of benzene rings is 2. The topological polar surface area (TPSA) is 93.7 Å². The van der Waals surface area contributed by atoms with E-state index in [9.17, 15) is 13.2 Å². The SMILES string of the molecule is COc1ccc(NS(=O)(=O)c2cc(NC(=O)CC(C)(C)C)ccc2OC)cc1. The molecular formula is C20H26N2O5S. The summed E-state index contributed by atoms with van der Waals surface area (Å²) in [4.78, 5) is 12.1. The van der Waals surface area contributed by atoms with Crippen LogP contribution >= 0.6 is 0 Å². The first-order chi connectivity index (χ1) is 13.0. The highest BCUT2D eigenvalue weighted by atomic mass is 32.2. The highest BCUT2D eigenvalue weighted by Gasteiger charge is 2.22. The van der Waals surface area contributed by atoms with Crippen LogP contribution in [0.1, 0.15) is 27.2 Å². The molecule has 0 atom stereocenters. The predicted octanol–water partition coefficient (Wildman–Crippen LogP) is 3.88. The van der Waals surface area contributed by atoms with Crippen molar-refractivity contribution >= 4 is 27.3 Å². The highest BCUT2D eigenvalue weighted by Crippen LogP contribution is 2.30. The second-order valence-electron chi connectivity index (χ2n) is 7.49. The molecule has 0 heterocycles. The summed E-state index contributed by atoms with van der Waals surface area (Å²) in [7, 11) is -1.02. The zero-order chi connectivity index (χ0) is 20.9. The fraction of sp³-hybridized carbons (Fsp3) is 0.350. The molecule has 0 radical (unpaired) electrons. The van der Waals surface area contributed by atoms with Crippen molar-refractivity contribution in [3.63, 3.8) is 0 Å². The van der Waals surface area contributed by atoms with Crippen LogP contribution in [0.3, 0.4) is 0 Å². The first-order valence-electron chi connectivity index (χ1n) is 8.69. The van der Waals surface area contributed by atoms with Crippen LogP contribution in [0.25, 0.3) is 0 Å². The number of rotatable bonds is 7. The van der Waals surface area contributed by atoms with Gasteiger partial charge in [0.1, 0.15) is 16.4 Å². The van der Waals surface area contributed by atoms with E-state index in [1.54, 1.807) is 30.3 Å². The molecule has 2 rings (SSSR count). The van der Waals surface area contributed by atoms with Gasteiger partial charge in [0.05, 0.1) is 14.2 Å². The van der Waals surface area contributed by atoms with Crippen molar-refractivity contribution in [3.05, 3.63) is 42.5 Å². The molecule has 0 saturated carbocycles. The van der Waals surface area contributed by atoms with E-state index in [1.165, 1.54) is 26.4 Å². The predicted molar refractivity (Wildman–Crippen MR) is 109 cm³/mol. The second-order valence-corrected chi connectivity index (χ2v) is 9.14. The maximum Gasteiger partial charge on any atom is 0.265 e. The summed E-state index contributed by atoms with van der Waals surface area (Å²) in [5.74, 6) is 0.600. The zero-order valence-corrected chi connectivity index (χ0v) is 17.5. The van der Waals surface area contributed by atoms with Crippen LogP contribution < -0.4 is 19.5 Å². The van der Waals surface area contributed by atoms with Crippen LogP contribution in [-0.4, -0.2) is 28.5 Å². The molecule has 8 heteroatoms. The maximum absolute atomic E-state index is 12.9. The summed E-state index contributed by atoms with van der Waals surface area (Å²) in [6, 6.07) is 11.0. The van der Waals surface area contributed by atoms with Gasteiger partial charge in [0.25, 0.3) is 10.0 Å². The van der Waals surface area contributed by atoms with Gasteiger partial charge in [0.2, 0.25) is 5.91 Å². The van der Waals surface area contributed by atoms with Crippen molar-refractivity contribution in [1.29, 1.82) is 0 Å². The smallest absolute Gasteiger partial charge is 0.265 e. The van der Waals surface area contributed by atoms with Crippen molar-refractivity contribution in [2.45, 2.75) is 32.1 Å². The summed E-state index contributed by atoms with van der Waals surface area (Å²) in [6.07, 6.45) is 0.311. The average Bonchev–Trinajstić information content (AvgIpc) is 2.60. The number of ether oxygens (including phenoxy) is 2. The first-order valence-corrected chi connectivity index (χ1v) is 10.2. The molecule has 1 amide bonds. The van der Waals surface area contributed by atoms with Crippen LogP contribution in [0.2, 0.25) is 0 Å². The fourth-order valence-electron chi connectivity index (χ4n) is 2.52. The van der Waals surface area contributed by atoms with Crippen LogP contribution in [0, 0.1) is 5.41 Å². The number of hydrogen-bond donors (Lipinski definition) is 2. The lowest BCUT2D eigenvalue weighted by Gasteiger charge is -2.18. The molecule has 2 N–H and O–H groups in total. The van der Waals surface area contributed by atoms with Crippen molar-refractivity contribution in [3.8, 4) is 11.5 Å². The van der Waals surface area contributed by atoms with Crippen molar-refractivity contribution in [1.82, 2.24) is 0 Å². The molecular weight excluding hydrogens is 380 g/mol. The van der Waals surface area contributed by atoms with Gasteiger partial charge in [-0.05, 0) is 47.9 Å². The molecule has 0 aromatic heterocycles. The number of sulfonamides is 1. The molecule has 7 nitrogen and oxygen atoms in total. The molecule has 0 unspecified atom stereocenters. The van der Waals surface area contributed by atoms with Crippen LogP contribution in [0.5, 0.6) is 11.5 Å². The maximum atomic E-state index is 12.9. The van der Waals surface area contributed by atoms with Crippen LogP contribution in [0.15, 0.2) is 47.4 Å². The molecule has 152 valence electrons. The number of amides is 1. The Hall–Kier alpha value is -2.74. The molecule has 2 aromatic rings. The van der Waals surface area contributed by atoms with Gasteiger partial charge >= 0.3 is 0 Å². The van der Waals surface area contributed by atoms with Crippen LogP contribution in [-0.2, 0) is 14.8 Å². The van der Waals surface area contributed by atoms with E-state index in [0.717, 1.165) is 0 Å². The number of hydrogen-bond acceptors (Lipinski definition) is 5. The van der Waals surface area contributed by atoms with Crippen molar-refractivity contribution in [2.24, 2.45) is 5.41 Å². The number of methoxy groups -OCH3 is 2. The van der Waals surface area contributed by atoms with E-state index < -0.39 is 10.0 Å². The summed E-state index contributed by atoms with van der Waals surface area (Å²) in [5.41, 5.74) is 0.580. The Balaban J connectivity index is 2.29. The summed E-state index contributed by atoms with van der Waals surface area (Å²) < 4.78 is 38.5. The lowest BCUT2D eigenvalue weighted by atomic mass is 9.92. The van der Waals surface area contributed by atoms with Gasteiger partial charge < -0.3 is 14.8 Å². The highest BCUT2D eigenvalue weighted by molar-refractivity contribution is 7.92. The minimum Gasteiger partial charge on any atom is -0.497 e. The summed E-state index contributed by atoms with van der Waals surface area (Å²) in [6.45, 7) is 5.86. The van der Waals surface area contributed by atoms with Crippen molar-refractivity contribution < 1.29 is 22.7 Å². The lowest BCUT2D eigenvalue weighted by molar-refractivity contribution is -0.117. The molecule has 0 aliphatic carbocycles. The van der Waals surface area contributed by atoms with E-state index in [0.29, 0.717) is 23.5 Å². The van der Waals surface area contributed by atoms with Crippen LogP contribution in [0.4, 0.5) is 11.4 Å². The van der Waals surface area contributed by atoms with Crippen molar-refractivity contribution in [2.75, 3.05) is 24.3 Å². The van der Waals surface area contributed by atoms with E-state index in [-0.39, 0.29) is 22.0 Å². The van der Waals surface area contributed by atoms with Gasteiger partial charge in [-0.15, -0.1) is 0 Å². The first kappa shape index (κ1) is 21.6. The monoisotopic (exact) mass is 406 g/mol. The lowest BCUT2D eigenvalue weighted by Crippen LogP contribution is -2.20. The quantitative estimate of drug-likeness (QED) is 0.728. The number of carbonyl (C=O) groups excluding carboxylic acids is 1. The molecule has 0 saturated heterocycles. The van der Waals surface area contributed by atoms with Gasteiger partial charge in [-0.2, -0.15) is 0 Å². The Morgan fingerprint density at radius 2 is 1.57 bits per heavy atom. The Morgan fingerprint density at radius 1 is 0.964 bits per heavy atom. The molecule has 0 aliphatic rings. The third kappa shape index (κ3) is 5.88. The molecule has 0 aliphatic heterocycles. The standard InChI is InChI=1S/C20H26N2O5S/c1-20(2,3)13-19(23)21-15-8-11-17(27-5)18(12-15)28(24,25)22-14-6-9-16(26-4)10-7-14/h6-12,22H,13H2,1-5H3,(H,21,23). The minimum absolute atomic E-state index is 0.0700. The van der Waals surface area contributed by atoms with E-state index in [1.807, 2.05) is 20.8 Å². The van der Waals surface area contributed by atoms with Gasteiger partial charge in [-0.25, -0.2) is 8.42 Å².